The first-order valence-corrected chi connectivity index (χ1v) is 7.05. The number of hydrogen-bond acceptors (Lipinski definition) is 4. The second kappa shape index (κ2) is 6.68. The van der Waals surface area contributed by atoms with Crippen LogP contribution in [0.1, 0.15) is 0 Å². The predicted molar refractivity (Wildman–Crippen MR) is 87.4 cm³/mol. The lowest BCUT2D eigenvalue weighted by molar-refractivity contribution is 0.328. The smallest absolute Gasteiger partial charge is 0.193 e. The molecule has 1 aromatic heterocycles. The molecule has 0 unspecified atom stereocenters. The lowest BCUT2D eigenvalue weighted by Gasteiger charge is -2.06. The van der Waals surface area contributed by atoms with Crippen molar-refractivity contribution in [2.75, 3.05) is 13.2 Å². The molecule has 0 radical (unpaired) electrons. The Bertz CT molecular complexity index is 929. The third-order valence-electron chi connectivity index (χ3n) is 3.28. The molecular formula is C17H13N3O3. The van der Waals surface area contributed by atoms with Gasteiger partial charge in [0, 0.05) is 22.6 Å². The van der Waals surface area contributed by atoms with Gasteiger partial charge in [-0.2, -0.15) is 0 Å². The van der Waals surface area contributed by atoms with Gasteiger partial charge in [0.15, 0.2) is 5.43 Å². The van der Waals surface area contributed by atoms with E-state index in [2.05, 4.69) is 10.0 Å². The van der Waals surface area contributed by atoms with E-state index in [-0.39, 0.29) is 18.6 Å². The van der Waals surface area contributed by atoms with E-state index in [9.17, 15) is 4.79 Å². The highest BCUT2D eigenvalue weighted by Gasteiger charge is 2.08. The Balaban J connectivity index is 1.97. The molecule has 0 aliphatic heterocycles. The first kappa shape index (κ1) is 14.7. The SMILES string of the molecule is [N-]=[N+]=NCCOc1ccc2c(=O)cc(-c3ccccc3)oc2c1. The second-order valence-corrected chi connectivity index (χ2v) is 4.80. The Hall–Kier alpha value is -3.24. The van der Waals surface area contributed by atoms with Crippen molar-refractivity contribution in [3.8, 4) is 17.1 Å². The molecule has 3 rings (SSSR count). The minimum atomic E-state index is -0.106. The van der Waals surface area contributed by atoms with Gasteiger partial charge in [0.2, 0.25) is 0 Å². The second-order valence-electron chi connectivity index (χ2n) is 4.80. The Morgan fingerprint density at radius 2 is 1.96 bits per heavy atom. The zero-order chi connectivity index (χ0) is 16.1. The number of hydrogen-bond donors (Lipinski definition) is 0. The maximum Gasteiger partial charge on any atom is 0.193 e. The summed E-state index contributed by atoms with van der Waals surface area (Å²) >= 11 is 0. The van der Waals surface area contributed by atoms with Crippen molar-refractivity contribution < 1.29 is 9.15 Å². The van der Waals surface area contributed by atoms with Crippen LogP contribution in [0, 0.1) is 0 Å². The third kappa shape index (κ3) is 3.33. The summed E-state index contributed by atoms with van der Waals surface area (Å²) < 4.78 is 11.3. The van der Waals surface area contributed by atoms with Gasteiger partial charge in [-0.25, -0.2) is 0 Å². The summed E-state index contributed by atoms with van der Waals surface area (Å²) in [6.45, 7) is 0.501. The summed E-state index contributed by atoms with van der Waals surface area (Å²) in [6.07, 6.45) is 0. The zero-order valence-corrected chi connectivity index (χ0v) is 12.2. The molecule has 0 fully saturated rings. The molecule has 3 aromatic rings. The largest absolute Gasteiger partial charge is 0.493 e. The quantitative estimate of drug-likeness (QED) is 0.307. The van der Waals surface area contributed by atoms with Crippen LogP contribution in [0.25, 0.3) is 32.7 Å². The Kier molecular flexibility index (Phi) is 4.27. The molecule has 0 saturated heterocycles. The third-order valence-corrected chi connectivity index (χ3v) is 3.28. The van der Waals surface area contributed by atoms with Crippen LogP contribution in [0.15, 0.2) is 68.9 Å². The fourth-order valence-electron chi connectivity index (χ4n) is 2.22. The zero-order valence-electron chi connectivity index (χ0n) is 12.2. The Labute approximate surface area is 131 Å². The van der Waals surface area contributed by atoms with Gasteiger partial charge in [0.25, 0.3) is 0 Å². The highest BCUT2D eigenvalue weighted by molar-refractivity contribution is 5.80. The normalized spacial score (nSPS) is 10.3. The van der Waals surface area contributed by atoms with Gasteiger partial charge in [0.05, 0.1) is 18.5 Å². The van der Waals surface area contributed by atoms with Crippen LogP contribution in [0.3, 0.4) is 0 Å². The highest BCUT2D eigenvalue weighted by Crippen LogP contribution is 2.24. The molecule has 0 bridgehead atoms. The van der Waals surface area contributed by atoms with Gasteiger partial charge >= 0.3 is 0 Å². The van der Waals surface area contributed by atoms with Crippen LogP contribution in [0.2, 0.25) is 0 Å². The van der Waals surface area contributed by atoms with Gasteiger partial charge < -0.3 is 9.15 Å². The average molecular weight is 307 g/mol. The highest BCUT2D eigenvalue weighted by atomic mass is 16.5. The number of ether oxygens (including phenoxy) is 1. The summed E-state index contributed by atoms with van der Waals surface area (Å²) in [5.41, 5.74) is 9.41. The fourth-order valence-corrected chi connectivity index (χ4v) is 2.22. The first-order chi connectivity index (χ1) is 11.3. The van der Waals surface area contributed by atoms with Crippen molar-refractivity contribution in [3.63, 3.8) is 0 Å². The number of benzene rings is 2. The summed E-state index contributed by atoms with van der Waals surface area (Å²) in [7, 11) is 0. The van der Waals surface area contributed by atoms with Crippen molar-refractivity contribution in [1.29, 1.82) is 0 Å². The van der Waals surface area contributed by atoms with E-state index in [1.54, 1.807) is 18.2 Å². The minimum Gasteiger partial charge on any atom is -0.493 e. The summed E-state index contributed by atoms with van der Waals surface area (Å²) in [5.74, 6) is 1.06. The monoisotopic (exact) mass is 307 g/mol. The molecule has 0 aliphatic carbocycles. The van der Waals surface area contributed by atoms with Gasteiger partial charge in [0.1, 0.15) is 17.1 Å². The minimum absolute atomic E-state index is 0.106. The molecule has 6 heteroatoms. The average Bonchev–Trinajstić information content (AvgIpc) is 2.59. The van der Waals surface area contributed by atoms with Gasteiger partial charge in [-0.05, 0) is 17.7 Å². The molecule has 0 N–H and O–H groups in total. The van der Waals surface area contributed by atoms with Crippen LogP contribution in [0.5, 0.6) is 5.75 Å². The molecule has 1 heterocycles. The molecule has 2 aromatic carbocycles. The summed E-state index contributed by atoms with van der Waals surface area (Å²) in [6, 6.07) is 15.9. The summed E-state index contributed by atoms with van der Waals surface area (Å²) in [4.78, 5) is 14.9. The Morgan fingerprint density at radius 1 is 1.13 bits per heavy atom. The number of nitrogens with zero attached hydrogens (tertiary/aromatic N) is 3. The molecule has 6 nitrogen and oxygen atoms in total. The van der Waals surface area contributed by atoms with Crippen molar-refractivity contribution in [1.82, 2.24) is 0 Å². The maximum atomic E-state index is 12.2. The standard InChI is InChI=1S/C17H13N3O3/c18-20-19-8-9-22-13-6-7-14-15(21)11-16(23-17(14)10-13)12-4-2-1-3-5-12/h1-7,10-11H,8-9H2. The lowest BCUT2D eigenvalue weighted by atomic mass is 10.1. The van der Waals surface area contributed by atoms with Crippen LogP contribution < -0.4 is 10.2 Å². The topological polar surface area (TPSA) is 88.2 Å². The molecule has 0 atom stereocenters. The predicted octanol–water partition coefficient (Wildman–Crippen LogP) is 4.15. The maximum absolute atomic E-state index is 12.2. The van der Waals surface area contributed by atoms with Gasteiger partial charge in [-0.3, -0.25) is 4.79 Å². The first-order valence-electron chi connectivity index (χ1n) is 7.05. The van der Waals surface area contributed by atoms with Crippen molar-refractivity contribution in [3.05, 3.63) is 75.3 Å². The van der Waals surface area contributed by atoms with Crippen LogP contribution >= 0.6 is 0 Å². The molecule has 0 saturated carbocycles. The molecular weight excluding hydrogens is 294 g/mol. The van der Waals surface area contributed by atoms with E-state index in [1.807, 2.05) is 30.3 Å². The van der Waals surface area contributed by atoms with E-state index >= 15 is 0 Å². The molecule has 23 heavy (non-hydrogen) atoms. The number of rotatable bonds is 5. The van der Waals surface area contributed by atoms with Crippen LogP contribution in [-0.4, -0.2) is 13.2 Å². The fraction of sp³-hybridized carbons (Fsp3) is 0.118. The van der Waals surface area contributed by atoms with Gasteiger partial charge in [-0.1, -0.05) is 35.4 Å². The Morgan fingerprint density at radius 3 is 2.74 bits per heavy atom. The molecule has 114 valence electrons. The number of fused-ring (bicyclic) bond motifs is 1. The molecule has 0 aliphatic rings. The van der Waals surface area contributed by atoms with Gasteiger partial charge in [-0.15, -0.1) is 0 Å². The molecule has 0 spiro atoms. The lowest BCUT2D eigenvalue weighted by Crippen LogP contribution is -2.03. The van der Waals surface area contributed by atoms with E-state index in [4.69, 9.17) is 14.7 Å². The van der Waals surface area contributed by atoms with Crippen molar-refractivity contribution in [2.45, 2.75) is 0 Å². The van der Waals surface area contributed by atoms with Crippen molar-refractivity contribution in [2.24, 2.45) is 5.11 Å². The number of azide groups is 1. The van der Waals surface area contributed by atoms with E-state index in [0.29, 0.717) is 22.5 Å². The summed E-state index contributed by atoms with van der Waals surface area (Å²) in [5, 5.41) is 3.89. The van der Waals surface area contributed by atoms with Crippen LogP contribution in [-0.2, 0) is 0 Å². The van der Waals surface area contributed by atoms with E-state index in [1.165, 1.54) is 6.07 Å². The van der Waals surface area contributed by atoms with Crippen LogP contribution in [0.4, 0.5) is 0 Å². The van der Waals surface area contributed by atoms with E-state index < -0.39 is 0 Å². The van der Waals surface area contributed by atoms with E-state index in [0.717, 1.165) is 5.56 Å². The van der Waals surface area contributed by atoms with Crippen molar-refractivity contribution >= 4 is 11.0 Å². The molecule has 0 amide bonds.